The second-order valence-electron chi connectivity index (χ2n) is 4.60. The maximum Gasteiger partial charge on any atom is 0.282 e. The fourth-order valence-corrected chi connectivity index (χ4v) is 2.10. The van der Waals surface area contributed by atoms with Crippen molar-refractivity contribution >= 4 is 23.7 Å². The van der Waals surface area contributed by atoms with E-state index in [2.05, 4.69) is 4.99 Å². The number of ether oxygens (including phenoxy) is 1. The Labute approximate surface area is 121 Å². The van der Waals surface area contributed by atoms with Gasteiger partial charge in [-0.15, -0.1) is 5.06 Å². The second-order valence-corrected chi connectivity index (χ2v) is 4.60. The number of allylic oxidation sites excluding steroid dienone is 1. The molecule has 0 aromatic heterocycles. The molecular formula is C15H13N3O3. The minimum Gasteiger partial charge on any atom is -0.497 e. The number of rotatable bonds is 2. The Hall–Kier alpha value is -2.89. The Bertz CT molecular complexity index is 731. The molecule has 6 heteroatoms. The maximum atomic E-state index is 12.1. The average Bonchev–Trinajstić information content (AvgIpc) is 2.84. The van der Waals surface area contributed by atoms with Gasteiger partial charge in [0.1, 0.15) is 11.5 Å². The zero-order valence-corrected chi connectivity index (χ0v) is 11.6. The summed E-state index contributed by atoms with van der Waals surface area (Å²) in [5.41, 5.74) is 0.931. The summed E-state index contributed by atoms with van der Waals surface area (Å²) in [6, 6.07) is 7.23. The Morgan fingerprint density at radius 2 is 2.24 bits per heavy atom. The lowest BCUT2D eigenvalue weighted by atomic mass is 10.1. The van der Waals surface area contributed by atoms with Crippen LogP contribution in [-0.4, -0.2) is 29.8 Å². The normalized spacial score (nSPS) is 19.1. The van der Waals surface area contributed by atoms with Crippen LogP contribution in [0.2, 0.25) is 0 Å². The first-order valence-corrected chi connectivity index (χ1v) is 6.32. The fourth-order valence-electron chi connectivity index (χ4n) is 2.10. The van der Waals surface area contributed by atoms with Crippen molar-refractivity contribution in [2.24, 2.45) is 4.99 Å². The number of hydrogen-bond acceptors (Lipinski definition) is 4. The van der Waals surface area contributed by atoms with Crippen LogP contribution in [0.1, 0.15) is 12.5 Å². The van der Waals surface area contributed by atoms with Gasteiger partial charge in [-0.2, -0.15) is 4.99 Å². The number of methoxy groups -OCH3 is 1. The molecule has 0 radical (unpaired) electrons. The number of fused-ring (bicyclic) bond motifs is 1. The van der Waals surface area contributed by atoms with Crippen molar-refractivity contribution in [1.29, 1.82) is 5.41 Å². The highest BCUT2D eigenvalue weighted by molar-refractivity contribution is 6.32. The van der Waals surface area contributed by atoms with E-state index in [1.54, 1.807) is 32.3 Å². The van der Waals surface area contributed by atoms with E-state index in [-0.39, 0.29) is 11.4 Å². The molecule has 1 aromatic rings. The van der Waals surface area contributed by atoms with Crippen LogP contribution in [0, 0.1) is 5.41 Å². The zero-order chi connectivity index (χ0) is 15.0. The summed E-state index contributed by atoms with van der Waals surface area (Å²) in [6.45, 7) is 1.74. The number of benzene rings is 1. The number of amidine groups is 2. The van der Waals surface area contributed by atoms with Crippen LogP contribution in [0.25, 0.3) is 6.08 Å². The predicted molar refractivity (Wildman–Crippen MR) is 77.8 cm³/mol. The summed E-state index contributed by atoms with van der Waals surface area (Å²) >= 11 is 0. The third kappa shape index (κ3) is 2.31. The van der Waals surface area contributed by atoms with Gasteiger partial charge in [-0.25, -0.2) is 0 Å². The van der Waals surface area contributed by atoms with Crippen LogP contribution in [0.3, 0.4) is 0 Å². The van der Waals surface area contributed by atoms with Gasteiger partial charge >= 0.3 is 0 Å². The molecule has 1 aromatic carbocycles. The molecule has 2 heterocycles. The highest BCUT2D eigenvalue weighted by atomic mass is 16.7. The molecular weight excluding hydrogens is 270 g/mol. The topological polar surface area (TPSA) is 75.0 Å². The lowest BCUT2D eigenvalue weighted by Crippen LogP contribution is -2.38. The van der Waals surface area contributed by atoms with Crippen LogP contribution in [0.4, 0.5) is 0 Å². The predicted octanol–water partition coefficient (Wildman–Crippen LogP) is 2.15. The number of hydrogen-bond donors (Lipinski definition) is 1. The summed E-state index contributed by atoms with van der Waals surface area (Å²) in [6.07, 6.45) is 3.22. The Morgan fingerprint density at radius 1 is 1.43 bits per heavy atom. The largest absolute Gasteiger partial charge is 0.497 e. The SMILES string of the molecule is COc1cccc(/C=C2/C(=N)N3OC(C)=CC3=NC2=O)c1. The van der Waals surface area contributed by atoms with E-state index in [1.807, 2.05) is 18.2 Å². The molecule has 3 rings (SSSR count). The van der Waals surface area contributed by atoms with Crippen molar-refractivity contribution in [2.75, 3.05) is 7.11 Å². The number of aliphatic imine (C=N–C) groups is 1. The lowest BCUT2D eigenvalue weighted by molar-refractivity contribution is -0.114. The Kier molecular flexibility index (Phi) is 3.06. The van der Waals surface area contributed by atoms with Gasteiger partial charge in [0.25, 0.3) is 5.91 Å². The van der Waals surface area contributed by atoms with Crippen LogP contribution in [0.5, 0.6) is 5.75 Å². The highest BCUT2D eigenvalue weighted by Crippen LogP contribution is 2.24. The molecule has 0 bridgehead atoms. The lowest BCUT2D eigenvalue weighted by Gasteiger charge is -2.22. The third-order valence-corrected chi connectivity index (χ3v) is 3.09. The van der Waals surface area contributed by atoms with Crippen LogP contribution in [-0.2, 0) is 9.63 Å². The monoisotopic (exact) mass is 283 g/mol. The molecule has 0 spiro atoms. The van der Waals surface area contributed by atoms with Gasteiger partial charge in [-0.05, 0) is 30.7 Å². The van der Waals surface area contributed by atoms with E-state index < -0.39 is 5.91 Å². The average molecular weight is 283 g/mol. The van der Waals surface area contributed by atoms with E-state index in [0.717, 1.165) is 5.56 Å². The molecule has 6 nitrogen and oxygen atoms in total. The Balaban J connectivity index is 1.98. The van der Waals surface area contributed by atoms with E-state index in [0.29, 0.717) is 17.3 Å². The molecule has 0 aliphatic carbocycles. The zero-order valence-electron chi connectivity index (χ0n) is 11.6. The van der Waals surface area contributed by atoms with E-state index >= 15 is 0 Å². The van der Waals surface area contributed by atoms with Gasteiger partial charge < -0.3 is 9.57 Å². The number of carbonyl (C=O) groups excluding carboxylic acids is 1. The minimum absolute atomic E-state index is 0.0269. The highest BCUT2D eigenvalue weighted by Gasteiger charge is 2.34. The van der Waals surface area contributed by atoms with Crippen molar-refractivity contribution in [3.63, 3.8) is 0 Å². The van der Waals surface area contributed by atoms with Gasteiger partial charge in [0.2, 0.25) is 0 Å². The summed E-state index contributed by atoms with van der Waals surface area (Å²) in [5, 5.41) is 9.35. The van der Waals surface area contributed by atoms with E-state index in [9.17, 15) is 4.79 Å². The maximum absolute atomic E-state index is 12.1. The smallest absolute Gasteiger partial charge is 0.282 e. The van der Waals surface area contributed by atoms with Crippen molar-refractivity contribution in [1.82, 2.24) is 5.06 Å². The third-order valence-electron chi connectivity index (χ3n) is 3.09. The molecule has 0 unspecified atom stereocenters. The van der Waals surface area contributed by atoms with Crippen molar-refractivity contribution in [2.45, 2.75) is 6.92 Å². The van der Waals surface area contributed by atoms with Gasteiger partial charge in [0.15, 0.2) is 11.7 Å². The van der Waals surface area contributed by atoms with Gasteiger partial charge in [-0.1, -0.05) is 12.1 Å². The van der Waals surface area contributed by atoms with Crippen molar-refractivity contribution < 1.29 is 14.4 Å². The molecule has 106 valence electrons. The van der Waals surface area contributed by atoms with Gasteiger partial charge in [0.05, 0.1) is 12.7 Å². The van der Waals surface area contributed by atoms with E-state index in [4.69, 9.17) is 15.0 Å². The molecule has 2 aliphatic heterocycles. The number of nitrogens with zero attached hydrogens (tertiary/aromatic N) is 2. The first kappa shape index (κ1) is 13.1. The molecule has 0 fully saturated rings. The molecule has 21 heavy (non-hydrogen) atoms. The van der Waals surface area contributed by atoms with Crippen LogP contribution >= 0.6 is 0 Å². The van der Waals surface area contributed by atoms with Crippen LogP contribution in [0.15, 0.2) is 46.7 Å². The Morgan fingerprint density at radius 3 is 3.00 bits per heavy atom. The van der Waals surface area contributed by atoms with Crippen LogP contribution < -0.4 is 4.74 Å². The fraction of sp³-hybridized carbons (Fsp3) is 0.133. The standard InChI is InChI=1S/C15H13N3O3/c1-9-6-13-17-15(19)12(14(16)18(13)21-9)8-10-4-3-5-11(7-10)20-2/h3-8,16H,1-2H3/b12-8-,16-14?. The van der Waals surface area contributed by atoms with Crippen molar-refractivity contribution in [3.05, 3.63) is 47.2 Å². The number of carbonyl (C=O) groups is 1. The van der Waals surface area contributed by atoms with Gasteiger partial charge in [-0.3, -0.25) is 10.2 Å². The quantitative estimate of drug-likeness (QED) is 0.844. The second kappa shape index (κ2) is 4.90. The molecule has 0 saturated heterocycles. The first-order chi connectivity index (χ1) is 10.1. The number of amides is 1. The summed E-state index contributed by atoms with van der Waals surface area (Å²) < 4.78 is 5.14. The first-order valence-electron chi connectivity index (χ1n) is 6.32. The minimum atomic E-state index is -0.455. The summed E-state index contributed by atoms with van der Waals surface area (Å²) in [7, 11) is 1.57. The molecule has 2 aliphatic rings. The molecule has 0 saturated carbocycles. The summed E-state index contributed by atoms with van der Waals surface area (Å²) in [5.74, 6) is 1.13. The van der Waals surface area contributed by atoms with Crippen molar-refractivity contribution in [3.8, 4) is 5.75 Å². The number of hydroxylamine groups is 2. The summed E-state index contributed by atoms with van der Waals surface area (Å²) in [4.78, 5) is 21.4. The van der Waals surface area contributed by atoms with Gasteiger partial charge in [0, 0.05) is 6.08 Å². The number of nitrogens with one attached hydrogen (secondary N) is 1. The molecule has 0 atom stereocenters. The molecule has 1 amide bonds. The molecule has 1 N–H and O–H groups in total. The van der Waals surface area contributed by atoms with E-state index in [1.165, 1.54) is 5.06 Å².